The quantitative estimate of drug-likeness (QED) is 0.498. The maximum atomic E-state index is 5.65. The standard InChI is InChI=1S/C23H35N5OS/c1-5-24-23(25-10-9-22-27-18(3)19(4)30-22)26-14-20-7-6-8-21(13-20)16-28-11-12-29-17(2)15-28/h6-8,13,17H,5,9-12,14-16H2,1-4H3,(H2,24,25,26). The van der Waals surface area contributed by atoms with Crippen LogP contribution in [0.5, 0.6) is 0 Å². The summed E-state index contributed by atoms with van der Waals surface area (Å²) in [6.45, 7) is 14.6. The highest BCUT2D eigenvalue weighted by Gasteiger charge is 2.16. The molecule has 6 nitrogen and oxygen atoms in total. The lowest BCUT2D eigenvalue weighted by Crippen LogP contribution is -2.40. The number of aryl methyl sites for hydroxylation is 2. The van der Waals surface area contributed by atoms with Crippen LogP contribution >= 0.6 is 11.3 Å². The summed E-state index contributed by atoms with van der Waals surface area (Å²) in [7, 11) is 0. The largest absolute Gasteiger partial charge is 0.376 e. The number of aromatic nitrogens is 1. The Bertz CT molecular complexity index is 815. The van der Waals surface area contributed by atoms with Crippen LogP contribution < -0.4 is 10.6 Å². The zero-order chi connectivity index (χ0) is 21.3. The van der Waals surface area contributed by atoms with Crippen LogP contribution in [-0.4, -0.2) is 54.7 Å². The maximum Gasteiger partial charge on any atom is 0.191 e. The molecule has 1 aromatic carbocycles. The van der Waals surface area contributed by atoms with E-state index in [0.717, 1.165) is 57.4 Å². The smallest absolute Gasteiger partial charge is 0.191 e. The molecule has 2 N–H and O–H groups in total. The lowest BCUT2D eigenvalue weighted by atomic mass is 10.1. The van der Waals surface area contributed by atoms with Gasteiger partial charge in [0.25, 0.3) is 0 Å². The van der Waals surface area contributed by atoms with Crippen molar-refractivity contribution in [2.45, 2.75) is 53.3 Å². The van der Waals surface area contributed by atoms with Gasteiger partial charge in [-0.3, -0.25) is 4.90 Å². The van der Waals surface area contributed by atoms with E-state index in [2.05, 4.69) is 72.5 Å². The minimum atomic E-state index is 0.317. The van der Waals surface area contributed by atoms with Crippen molar-refractivity contribution in [1.29, 1.82) is 0 Å². The zero-order valence-electron chi connectivity index (χ0n) is 18.7. The van der Waals surface area contributed by atoms with Gasteiger partial charge >= 0.3 is 0 Å². The normalized spacial score (nSPS) is 17.9. The molecule has 7 heteroatoms. The Morgan fingerprint density at radius 1 is 1.30 bits per heavy atom. The number of thiazole rings is 1. The first kappa shape index (κ1) is 22.7. The summed E-state index contributed by atoms with van der Waals surface area (Å²) in [5.41, 5.74) is 3.71. The van der Waals surface area contributed by atoms with Gasteiger partial charge in [0.15, 0.2) is 5.96 Å². The molecule has 0 aliphatic carbocycles. The minimum absolute atomic E-state index is 0.317. The van der Waals surface area contributed by atoms with E-state index in [0.29, 0.717) is 12.6 Å². The Kier molecular flexibility index (Phi) is 8.66. The Hall–Kier alpha value is -1.96. The average Bonchev–Trinajstić information content (AvgIpc) is 3.04. The highest BCUT2D eigenvalue weighted by molar-refractivity contribution is 7.11. The highest BCUT2D eigenvalue weighted by atomic mass is 32.1. The van der Waals surface area contributed by atoms with Crippen LogP contribution in [0.15, 0.2) is 29.3 Å². The van der Waals surface area contributed by atoms with E-state index >= 15 is 0 Å². The summed E-state index contributed by atoms with van der Waals surface area (Å²) in [4.78, 5) is 13.2. The van der Waals surface area contributed by atoms with E-state index in [9.17, 15) is 0 Å². The van der Waals surface area contributed by atoms with Crippen molar-refractivity contribution in [3.63, 3.8) is 0 Å². The number of hydrogen-bond acceptors (Lipinski definition) is 5. The van der Waals surface area contributed by atoms with E-state index in [1.807, 2.05) is 0 Å². The number of nitrogens with one attached hydrogen (secondary N) is 2. The summed E-state index contributed by atoms with van der Waals surface area (Å²) in [5.74, 6) is 0.856. The predicted molar refractivity (Wildman–Crippen MR) is 125 cm³/mol. The second kappa shape index (κ2) is 11.4. The third-order valence-electron chi connectivity index (χ3n) is 5.19. The average molecular weight is 430 g/mol. The first-order valence-corrected chi connectivity index (χ1v) is 11.7. The molecule has 1 atom stereocenters. The molecule has 0 spiro atoms. The van der Waals surface area contributed by atoms with Crippen molar-refractivity contribution < 1.29 is 4.74 Å². The molecule has 2 heterocycles. The molecule has 1 unspecified atom stereocenters. The van der Waals surface area contributed by atoms with Gasteiger partial charge < -0.3 is 15.4 Å². The van der Waals surface area contributed by atoms with Gasteiger partial charge in [0.1, 0.15) is 0 Å². The fourth-order valence-corrected chi connectivity index (χ4v) is 4.50. The highest BCUT2D eigenvalue weighted by Crippen LogP contribution is 2.16. The SMILES string of the molecule is CCNC(=NCc1cccc(CN2CCOC(C)C2)c1)NCCc1nc(C)c(C)s1. The van der Waals surface area contributed by atoms with Crippen molar-refractivity contribution in [3.8, 4) is 0 Å². The van der Waals surface area contributed by atoms with Gasteiger partial charge in [0.05, 0.1) is 30.0 Å². The molecule has 1 aromatic heterocycles. The number of aliphatic imine (C=N–C) groups is 1. The van der Waals surface area contributed by atoms with E-state index in [1.54, 1.807) is 11.3 Å². The molecule has 1 aliphatic heterocycles. The van der Waals surface area contributed by atoms with Crippen LogP contribution in [0.25, 0.3) is 0 Å². The van der Waals surface area contributed by atoms with Crippen LogP contribution in [0, 0.1) is 13.8 Å². The second-order valence-electron chi connectivity index (χ2n) is 7.86. The molecule has 164 valence electrons. The first-order valence-electron chi connectivity index (χ1n) is 10.9. The van der Waals surface area contributed by atoms with Gasteiger partial charge in [-0.15, -0.1) is 11.3 Å². The first-order chi connectivity index (χ1) is 14.5. The fourth-order valence-electron chi connectivity index (χ4n) is 3.56. The third-order valence-corrected chi connectivity index (χ3v) is 6.32. The van der Waals surface area contributed by atoms with E-state index in [-0.39, 0.29) is 0 Å². The van der Waals surface area contributed by atoms with E-state index < -0.39 is 0 Å². The zero-order valence-corrected chi connectivity index (χ0v) is 19.5. The van der Waals surface area contributed by atoms with Gasteiger partial charge in [-0.1, -0.05) is 24.3 Å². The molecule has 1 aliphatic rings. The van der Waals surface area contributed by atoms with Crippen LogP contribution in [-0.2, 0) is 24.2 Å². The number of ether oxygens (including phenoxy) is 1. The van der Waals surface area contributed by atoms with Gasteiger partial charge in [-0.05, 0) is 38.8 Å². The monoisotopic (exact) mass is 429 g/mol. The Morgan fingerprint density at radius 3 is 2.87 bits per heavy atom. The summed E-state index contributed by atoms with van der Waals surface area (Å²) < 4.78 is 5.65. The van der Waals surface area contributed by atoms with Gasteiger partial charge in [-0.25, -0.2) is 9.98 Å². The number of morpholine rings is 1. The molecule has 2 aromatic rings. The fraction of sp³-hybridized carbons (Fsp3) is 0.565. The van der Waals surface area contributed by atoms with Crippen molar-refractivity contribution in [2.24, 2.45) is 4.99 Å². The summed E-state index contributed by atoms with van der Waals surface area (Å²) in [5, 5.41) is 7.96. The van der Waals surface area contributed by atoms with E-state index in [1.165, 1.54) is 21.0 Å². The van der Waals surface area contributed by atoms with Crippen LogP contribution in [0.2, 0.25) is 0 Å². The lowest BCUT2D eigenvalue weighted by molar-refractivity contribution is -0.0212. The molecule has 0 bridgehead atoms. The van der Waals surface area contributed by atoms with Crippen molar-refractivity contribution >= 4 is 17.3 Å². The molecule has 0 radical (unpaired) electrons. The number of guanidine groups is 1. The molecule has 1 saturated heterocycles. The molecule has 30 heavy (non-hydrogen) atoms. The topological polar surface area (TPSA) is 61.8 Å². The number of hydrogen-bond donors (Lipinski definition) is 2. The number of benzene rings is 1. The van der Waals surface area contributed by atoms with Crippen molar-refractivity contribution in [3.05, 3.63) is 51.0 Å². The number of rotatable bonds is 8. The molecule has 0 amide bonds. The van der Waals surface area contributed by atoms with Gasteiger partial charge in [-0.2, -0.15) is 0 Å². The van der Waals surface area contributed by atoms with Crippen molar-refractivity contribution in [2.75, 3.05) is 32.8 Å². The summed E-state index contributed by atoms with van der Waals surface area (Å²) in [6.07, 6.45) is 1.23. The molecular formula is C23H35N5OS. The third kappa shape index (κ3) is 7.07. The predicted octanol–water partition coefficient (Wildman–Crippen LogP) is 3.28. The van der Waals surface area contributed by atoms with Crippen molar-refractivity contribution in [1.82, 2.24) is 20.5 Å². The minimum Gasteiger partial charge on any atom is -0.376 e. The maximum absolute atomic E-state index is 5.65. The van der Waals surface area contributed by atoms with Gasteiger partial charge in [0, 0.05) is 44.0 Å². The molecular weight excluding hydrogens is 394 g/mol. The number of nitrogens with zero attached hydrogens (tertiary/aromatic N) is 3. The lowest BCUT2D eigenvalue weighted by Gasteiger charge is -2.31. The van der Waals surface area contributed by atoms with E-state index in [4.69, 9.17) is 9.73 Å². The Morgan fingerprint density at radius 2 is 2.13 bits per heavy atom. The summed E-state index contributed by atoms with van der Waals surface area (Å²) >= 11 is 1.78. The van der Waals surface area contributed by atoms with Crippen LogP contribution in [0.1, 0.15) is 40.6 Å². The van der Waals surface area contributed by atoms with Crippen LogP contribution in [0.4, 0.5) is 0 Å². The Labute approximate surface area is 184 Å². The Balaban J connectivity index is 1.53. The van der Waals surface area contributed by atoms with Gasteiger partial charge in [0.2, 0.25) is 0 Å². The molecule has 3 rings (SSSR count). The second-order valence-corrected chi connectivity index (χ2v) is 9.15. The van der Waals surface area contributed by atoms with Crippen LogP contribution in [0.3, 0.4) is 0 Å². The summed E-state index contributed by atoms with van der Waals surface area (Å²) in [6, 6.07) is 8.76. The molecule has 1 fully saturated rings. The molecule has 0 saturated carbocycles.